The van der Waals surface area contributed by atoms with E-state index in [2.05, 4.69) is 26.0 Å². The highest BCUT2D eigenvalue weighted by Gasteiger charge is 2.22. The normalized spacial score (nSPS) is 25.3. The number of hydrogen-bond donors (Lipinski definition) is 3. The maximum Gasteiger partial charge on any atom is 0.273 e. The van der Waals surface area contributed by atoms with Crippen molar-refractivity contribution in [1.29, 1.82) is 0 Å². The van der Waals surface area contributed by atoms with Crippen molar-refractivity contribution in [2.24, 2.45) is 0 Å². The van der Waals surface area contributed by atoms with E-state index in [0.717, 1.165) is 25.7 Å². The van der Waals surface area contributed by atoms with Crippen LogP contribution in [0.15, 0.2) is 6.20 Å². The average molecular weight is 223 g/mol. The van der Waals surface area contributed by atoms with Gasteiger partial charge >= 0.3 is 0 Å². The summed E-state index contributed by atoms with van der Waals surface area (Å²) < 4.78 is 0. The molecule has 0 aliphatic heterocycles. The molecule has 1 fully saturated rings. The van der Waals surface area contributed by atoms with E-state index in [9.17, 15) is 4.79 Å². The highest BCUT2D eigenvalue weighted by Crippen LogP contribution is 2.18. The minimum atomic E-state index is -0.137. The van der Waals surface area contributed by atoms with Gasteiger partial charge in [0.2, 0.25) is 0 Å². The SMILES string of the molecule is CNC1CCC(NC(=O)c2cn[nH]n2)CC1. The van der Waals surface area contributed by atoms with Crippen LogP contribution in [0.2, 0.25) is 0 Å². The van der Waals surface area contributed by atoms with Crippen molar-refractivity contribution in [1.82, 2.24) is 26.0 Å². The maximum absolute atomic E-state index is 11.7. The Kier molecular flexibility index (Phi) is 3.51. The summed E-state index contributed by atoms with van der Waals surface area (Å²) in [5, 5.41) is 16.0. The fourth-order valence-corrected chi connectivity index (χ4v) is 2.10. The second-order valence-electron chi connectivity index (χ2n) is 4.17. The lowest BCUT2D eigenvalue weighted by molar-refractivity contribution is 0.0919. The van der Waals surface area contributed by atoms with Gasteiger partial charge in [-0.1, -0.05) is 0 Å². The van der Waals surface area contributed by atoms with Gasteiger partial charge in [-0.2, -0.15) is 15.4 Å². The van der Waals surface area contributed by atoms with Gasteiger partial charge in [0.05, 0.1) is 6.20 Å². The van der Waals surface area contributed by atoms with E-state index in [-0.39, 0.29) is 11.9 Å². The summed E-state index contributed by atoms with van der Waals surface area (Å²) in [5.74, 6) is -0.137. The maximum atomic E-state index is 11.7. The van der Waals surface area contributed by atoms with Gasteiger partial charge in [-0.3, -0.25) is 4.79 Å². The van der Waals surface area contributed by atoms with Gasteiger partial charge in [-0.15, -0.1) is 0 Å². The second kappa shape index (κ2) is 5.07. The van der Waals surface area contributed by atoms with Crippen LogP contribution < -0.4 is 10.6 Å². The number of carbonyl (C=O) groups is 1. The number of H-pyrrole nitrogens is 1. The van der Waals surface area contributed by atoms with E-state index in [0.29, 0.717) is 11.7 Å². The highest BCUT2D eigenvalue weighted by atomic mass is 16.2. The largest absolute Gasteiger partial charge is 0.348 e. The van der Waals surface area contributed by atoms with E-state index in [1.54, 1.807) is 0 Å². The highest BCUT2D eigenvalue weighted by molar-refractivity contribution is 5.91. The molecule has 0 saturated heterocycles. The predicted molar refractivity (Wildman–Crippen MR) is 59.0 cm³/mol. The molecule has 1 aliphatic rings. The first-order valence-corrected chi connectivity index (χ1v) is 5.63. The van der Waals surface area contributed by atoms with Gasteiger partial charge in [0.15, 0.2) is 5.69 Å². The molecule has 1 aromatic heterocycles. The molecule has 2 rings (SSSR count). The standard InChI is InChI=1S/C10H17N5O/c1-11-7-2-4-8(5-3-7)13-10(16)9-6-12-15-14-9/h6-8,11H,2-5H2,1H3,(H,13,16)(H,12,14,15). The number of aromatic nitrogens is 3. The third kappa shape index (κ3) is 2.57. The molecule has 1 saturated carbocycles. The van der Waals surface area contributed by atoms with Crippen molar-refractivity contribution in [3.63, 3.8) is 0 Å². The van der Waals surface area contributed by atoms with Crippen LogP contribution in [0.1, 0.15) is 36.2 Å². The molecule has 1 aromatic rings. The first kappa shape index (κ1) is 11.1. The van der Waals surface area contributed by atoms with Crippen LogP contribution in [-0.2, 0) is 0 Å². The number of carbonyl (C=O) groups excluding carboxylic acids is 1. The molecule has 1 amide bonds. The van der Waals surface area contributed by atoms with Crippen molar-refractivity contribution >= 4 is 5.91 Å². The molecule has 0 bridgehead atoms. The molecular formula is C10H17N5O. The predicted octanol–water partition coefficient (Wildman–Crippen LogP) is 0.0651. The van der Waals surface area contributed by atoms with Gasteiger partial charge < -0.3 is 10.6 Å². The van der Waals surface area contributed by atoms with Crippen molar-refractivity contribution in [2.75, 3.05) is 7.05 Å². The van der Waals surface area contributed by atoms with Crippen molar-refractivity contribution in [2.45, 2.75) is 37.8 Å². The molecule has 16 heavy (non-hydrogen) atoms. The minimum Gasteiger partial charge on any atom is -0.348 e. The minimum absolute atomic E-state index is 0.137. The quantitative estimate of drug-likeness (QED) is 0.677. The molecule has 3 N–H and O–H groups in total. The zero-order valence-corrected chi connectivity index (χ0v) is 9.36. The van der Waals surface area contributed by atoms with Gasteiger partial charge in [-0.05, 0) is 32.7 Å². The summed E-state index contributed by atoms with van der Waals surface area (Å²) in [6, 6.07) is 0.869. The Labute approximate surface area is 94.2 Å². The van der Waals surface area contributed by atoms with Gasteiger partial charge in [-0.25, -0.2) is 0 Å². The van der Waals surface area contributed by atoms with E-state index in [4.69, 9.17) is 0 Å². The number of amides is 1. The topological polar surface area (TPSA) is 82.7 Å². The molecule has 0 aromatic carbocycles. The lowest BCUT2D eigenvalue weighted by atomic mass is 9.91. The molecule has 88 valence electrons. The Morgan fingerprint density at radius 3 is 2.62 bits per heavy atom. The lowest BCUT2D eigenvalue weighted by Gasteiger charge is -2.28. The Morgan fingerprint density at radius 1 is 1.38 bits per heavy atom. The number of rotatable bonds is 3. The van der Waals surface area contributed by atoms with Crippen LogP contribution in [0, 0.1) is 0 Å². The summed E-state index contributed by atoms with van der Waals surface area (Å²) in [6.45, 7) is 0. The monoisotopic (exact) mass is 223 g/mol. The summed E-state index contributed by atoms with van der Waals surface area (Å²) >= 11 is 0. The molecule has 6 heteroatoms. The molecule has 6 nitrogen and oxygen atoms in total. The molecule has 0 spiro atoms. The van der Waals surface area contributed by atoms with E-state index >= 15 is 0 Å². The molecule has 1 heterocycles. The molecule has 0 radical (unpaired) electrons. The third-order valence-electron chi connectivity index (χ3n) is 3.12. The zero-order valence-electron chi connectivity index (χ0n) is 9.36. The summed E-state index contributed by atoms with van der Waals surface area (Å²) in [7, 11) is 1.99. The Bertz CT molecular complexity index is 329. The molecule has 0 unspecified atom stereocenters. The average Bonchev–Trinajstić information content (AvgIpc) is 2.83. The fourth-order valence-electron chi connectivity index (χ4n) is 2.10. The fraction of sp³-hybridized carbons (Fsp3) is 0.700. The first-order valence-electron chi connectivity index (χ1n) is 5.63. The molecular weight excluding hydrogens is 206 g/mol. The van der Waals surface area contributed by atoms with Crippen LogP contribution >= 0.6 is 0 Å². The molecule has 0 atom stereocenters. The second-order valence-corrected chi connectivity index (χ2v) is 4.17. The lowest BCUT2D eigenvalue weighted by Crippen LogP contribution is -2.41. The van der Waals surface area contributed by atoms with Crippen molar-refractivity contribution in [3.05, 3.63) is 11.9 Å². The Hall–Kier alpha value is -1.43. The van der Waals surface area contributed by atoms with E-state index in [1.807, 2.05) is 7.05 Å². The van der Waals surface area contributed by atoms with E-state index in [1.165, 1.54) is 6.20 Å². The number of aromatic amines is 1. The van der Waals surface area contributed by atoms with E-state index < -0.39 is 0 Å². The third-order valence-corrected chi connectivity index (χ3v) is 3.12. The molecule has 1 aliphatic carbocycles. The number of hydrogen-bond acceptors (Lipinski definition) is 4. The smallest absolute Gasteiger partial charge is 0.273 e. The summed E-state index contributed by atoms with van der Waals surface area (Å²) in [5.41, 5.74) is 0.357. The van der Waals surface area contributed by atoms with Crippen LogP contribution in [-0.4, -0.2) is 40.4 Å². The summed E-state index contributed by atoms with van der Waals surface area (Å²) in [4.78, 5) is 11.7. The van der Waals surface area contributed by atoms with Gasteiger partial charge in [0.25, 0.3) is 5.91 Å². The Balaban J connectivity index is 1.81. The van der Waals surface area contributed by atoms with Crippen LogP contribution in [0.5, 0.6) is 0 Å². The van der Waals surface area contributed by atoms with Gasteiger partial charge in [0, 0.05) is 12.1 Å². The number of nitrogens with zero attached hydrogens (tertiary/aromatic N) is 2. The summed E-state index contributed by atoms with van der Waals surface area (Å²) in [6.07, 6.45) is 5.71. The number of nitrogens with one attached hydrogen (secondary N) is 3. The van der Waals surface area contributed by atoms with Gasteiger partial charge in [0.1, 0.15) is 0 Å². The van der Waals surface area contributed by atoms with Crippen LogP contribution in [0.25, 0.3) is 0 Å². The van der Waals surface area contributed by atoms with Crippen molar-refractivity contribution < 1.29 is 4.79 Å². The van der Waals surface area contributed by atoms with Crippen LogP contribution in [0.3, 0.4) is 0 Å². The van der Waals surface area contributed by atoms with Crippen LogP contribution in [0.4, 0.5) is 0 Å². The Morgan fingerprint density at radius 2 is 2.06 bits per heavy atom. The first-order chi connectivity index (χ1) is 7.79. The zero-order chi connectivity index (χ0) is 11.4. The van der Waals surface area contributed by atoms with Crippen molar-refractivity contribution in [3.8, 4) is 0 Å².